The highest BCUT2D eigenvalue weighted by Gasteiger charge is 2.25. The highest BCUT2D eigenvalue weighted by atomic mass is 32.2. The number of amides is 2. The maximum absolute atomic E-state index is 11.8. The molecule has 0 radical (unpaired) electrons. The Balaban J connectivity index is 2.10. The average Bonchev–Trinajstić information content (AvgIpc) is 3.05. The van der Waals surface area contributed by atoms with Crippen LogP contribution in [0.1, 0.15) is 50.2 Å². The number of rotatable bonds is 6. The maximum atomic E-state index is 11.8. The predicted molar refractivity (Wildman–Crippen MR) is 97.4 cm³/mol. The Morgan fingerprint density at radius 1 is 1.04 bits per heavy atom. The SMILES string of the molecule is Cc1c(COC(=O)NC(C)C)c(COC(=O)NC(C)C)c2n1CSC2. The fourth-order valence-electron chi connectivity index (χ4n) is 2.69. The second-order valence-corrected chi connectivity index (χ2v) is 7.60. The quantitative estimate of drug-likeness (QED) is 0.804. The maximum Gasteiger partial charge on any atom is 0.407 e. The number of fused-ring (bicyclic) bond motifs is 1. The third-order valence-electron chi connectivity index (χ3n) is 3.85. The molecule has 2 N–H and O–H groups in total. The van der Waals surface area contributed by atoms with Gasteiger partial charge in [-0.15, -0.1) is 11.8 Å². The first-order chi connectivity index (χ1) is 11.8. The van der Waals surface area contributed by atoms with Crippen molar-refractivity contribution >= 4 is 23.9 Å². The van der Waals surface area contributed by atoms with Gasteiger partial charge in [0, 0.05) is 40.4 Å². The van der Waals surface area contributed by atoms with Gasteiger partial charge in [0.15, 0.2) is 0 Å². The van der Waals surface area contributed by atoms with Gasteiger partial charge in [0.25, 0.3) is 0 Å². The summed E-state index contributed by atoms with van der Waals surface area (Å²) in [4.78, 5) is 23.6. The predicted octanol–water partition coefficient (Wildman–Crippen LogP) is 3.27. The monoisotopic (exact) mass is 369 g/mol. The van der Waals surface area contributed by atoms with E-state index < -0.39 is 12.2 Å². The Morgan fingerprint density at radius 2 is 1.56 bits per heavy atom. The standard InChI is InChI=1S/C17H27N3O4S/c1-10(2)18-16(21)23-6-13-12(5)20-9-25-8-15(20)14(13)7-24-17(22)19-11(3)4/h10-11H,6-9H2,1-5H3,(H,18,21)(H,19,22). The van der Waals surface area contributed by atoms with E-state index in [4.69, 9.17) is 9.47 Å². The molecule has 0 saturated carbocycles. The minimum absolute atomic E-state index is 0.0200. The summed E-state index contributed by atoms with van der Waals surface area (Å²) >= 11 is 1.81. The number of nitrogens with zero attached hydrogens (tertiary/aromatic N) is 1. The first kappa shape index (κ1) is 19.5. The van der Waals surface area contributed by atoms with E-state index in [9.17, 15) is 9.59 Å². The zero-order valence-electron chi connectivity index (χ0n) is 15.5. The van der Waals surface area contributed by atoms with Crippen LogP contribution in [0.4, 0.5) is 9.59 Å². The molecule has 2 heterocycles. The number of thioether (sulfide) groups is 1. The molecule has 1 aromatic rings. The zero-order valence-corrected chi connectivity index (χ0v) is 16.3. The summed E-state index contributed by atoms with van der Waals surface area (Å²) in [5, 5.41) is 5.42. The fourth-order valence-corrected chi connectivity index (χ4v) is 3.83. The molecule has 2 rings (SSSR count). The van der Waals surface area contributed by atoms with E-state index in [2.05, 4.69) is 15.2 Å². The molecule has 0 atom stereocenters. The molecule has 0 saturated heterocycles. The summed E-state index contributed by atoms with van der Waals surface area (Å²) in [6, 6.07) is 0.0404. The number of hydrogen-bond acceptors (Lipinski definition) is 5. The van der Waals surface area contributed by atoms with E-state index in [1.54, 1.807) is 0 Å². The van der Waals surface area contributed by atoms with Crippen LogP contribution in [0, 0.1) is 6.92 Å². The highest BCUT2D eigenvalue weighted by Crippen LogP contribution is 2.34. The molecule has 0 bridgehead atoms. The van der Waals surface area contributed by atoms with Crippen LogP contribution in [-0.2, 0) is 34.3 Å². The van der Waals surface area contributed by atoms with Crippen LogP contribution in [0.2, 0.25) is 0 Å². The lowest BCUT2D eigenvalue weighted by Crippen LogP contribution is -2.31. The van der Waals surface area contributed by atoms with Crippen molar-refractivity contribution < 1.29 is 19.1 Å². The summed E-state index contributed by atoms with van der Waals surface area (Å²) in [6.07, 6.45) is -0.887. The molecule has 0 spiro atoms. The summed E-state index contributed by atoms with van der Waals surface area (Å²) in [6.45, 7) is 9.86. The fraction of sp³-hybridized carbons (Fsp3) is 0.647. The topological polar surface area (TPSA) is 81.6 Å². The molecule has 25 heavy (non-hydrogen) atoms. The normalized spacial score (nSPS) is 13.1. The third-order valence-corrected chi connectivity index (χ3v) is 4.77. The highest BCUT2D eigenvalue weighted by molar-refractivity contribution is 7.97. The summed E-state index contributed by atoms with van der Waals surface area (Å²) in [5.41, 5.74) is 4.06. The van der Waals surface area contributed by atoms with Crippen molar-refractivity contribution in [2.24, 2.45) is 0 Å². The van der Waals surface area contributed by atoms with Gasteiger partial charge < -0.3 is 24.7 Å². The van der Waals surface area contributed by atoms with Crippen molar-refractivity contribution in [1.82, 2.24) is 15.2 Å². The van der Waals surface area contributed by atoms with E-state index in [0.29, 0.717) is 0 Å². The number of aromatic nitrogens is 1. The number of carbonyl (C=O) groups excluding carboxylic acids is 2. The van der Waals surface area contributed by atoms with Gasteiger partial charge in [-0.2, -0.15) is 0 Å². The van der Waals surface area contributed by atoms with Gasteiger partial charge in [0.05, 0.1) is 5.88 Å². The van der Waals surface area contributed by atoms with Crippen molar-refractivity contribution in [2.75, 3.05) is 0 Å². The molecule has 0 fully saturated rings. The molecule has 0 unspecified atom stereocenters. The van der Waals surface area contributed by atoms with Crippen molar-refractivity contribution in [2.45, 2.75) is 71.5 Å². The van der Waals surface area contributed by atoms with Crippen LogP contribution >= 0.6 is 11.8 Å². The molecular weight excluding hydrogens is 342 g/mol. The molecule has 8 heteroatoms. The molecule has 7 nitrogen and oxygen atoms in total. The molecular formula is C17H27N3O4S. The van der Waals surface area contributed by atoms with E-state index in [0.717, 1.165) is 34.1 Å². The smallest absolute Gasteiger partial charge is 0.407 e. The van der Waals surface area contributed by atoms with Crippen LogP contribution < -0.4 is 10.6 Å². The van der Waals surface area contributed by atoms with E-state index in [-0.39, 0.29) is 25.3 Å². The number of alkyl carbamates (subject to hydrolysis) is 2. The van der Waals surface area contributed by atoms with Gasteiger partial charge in [-0.05, 0) is 34.6 Å². The molecule has 140 valence electrons. The van der Waals surface area contributed by atoms with Crippen molar-refractivity contribution in [3.8, 4) is 0 Å². The van der Waals surface area contributed by atoms with Crippen LogP contribution in [0.3, 0.4) is 0 Å². The number of carbonyl (C=O) groups is 2. The van der Waals surface area contributed by atoms with Crippen LogP contribution in [0.15, 0.2) is 0 Å². The van der Waals surface area contributed by atoms with E-state index >= 15 is 0 Å². The molecule has 0 aliphatic carbocycles. The summed E-state index contributed by atoms with van der Waals surface area (Å²) < 4.78 is 12.9. The third kappa shape index (κ3) is 5.07. The molecule has 1 aromatic heterocycles. The van der Waals surface area contributed by atoms with Crippen LogP contribution in [-0.4, -0.2) is 28.8 Å². The largest absolute Gasteiger partial charge is 0.445 e. The van der Waals surface area contributed by atoms with Gasteiger partial charge in [-0.3, -0.25) is 0 Å². The molecule has 2 amide bonds. The second kappa shape index (κ2) is 8.51. The van der Waals surface area contributed by atoms with Crippen molar-refractivity contribution in [1.29, 1.82) is 0 Å². The molecule has 1 aliphatic heterocycles. The summed E-state index contributed by atoms with van der Waals surface area (Å²) in [5.74, 6) is 1.73. The first-order valence-electron chi connectivity index (χ1n) is 8.43. The summed E-state index contributed by atoms with van der Waals surface area (Å²) in [7, 11) is 0. The van der Waals surface area contributed by atoms with Gasteiger partial charge in [-0.25, -0.2) is 9.59 Å². The minimum atomic E-state index is -0.445. The molecule has 1 aliphatic rings. The zero-order chi connectivity index (χ0) is 18.6. The average molecular weight is 369 g/mol. The van der Waals surface area contributed by atoms with Crippen molar-refractivity contribution in [3.63, 3.8) is 0 Å². The second-order valence-electron chi connectivity index (χ2n) is 6.65. The lowest BCUT2D eigenvalue weighted by Gasteiger charge is -2.13. The Bertz CT molecular complexity index is 640. The van der Waals surface area contributed by atoms with Gasteiger partial charge in [0.2, 0.25) is 0 Å². The minimum Gasteiger partial charge on any atom is -0.445 e. The van der Waals surface area contributed by atoms with E-state index in [1.807, 2.05) is 46.4 Å². The Hall–Kier alpha value is -1.83. The van der Waals surface area contributed by atoms with Crippen LogP contribution in [0.5, 0.6) is 0 Å². The van der Waals surface area contributed by atoms with Gasteiger partial charge in [-0.1, -0.05) is 0 Å². The number of nitrogens with one attached hydrogen (secondary N) is 2. The first-order valence-corrected chi connectivity index (χ1v) is 9.59. The molecule has 0 aromatic carbocycles. The number of ether oxygens (including phenoxy) is 2. The number of hydrogen-bond donors (Lipinski definition) is 2. The Morgan fingerprint density at radius 3 is 2.08 bits per heavy atom. The lowest BCUT2D eigenvalue weighted by molar-refractivity contribution is 0.129. The van der Waals surface area contributed by atoms with Crippen molar-refractivity contribution in [3.05, 3.63) is 22.5 Å². The Labute approximate surface area is 152 Å². The van der Waals surface area contributed by atoms with Gasteiger partial charge >= 0.3 is 12.2 Å². The Kier molecular flexibility index (Phi) is 6.64. The van der Waals surface area contributed by atoms with Crippen LogP contribution in [0.25, 0.3) is 0 Å². The van der Waals surface area contributed by atoms with Gasteiger partial charge in [0.1, 0.15) is 13.2 Å². The lowest BCUT2D eigenvalue weighted by atomic mass is 10.1. The van der Waals surface area contributed by atoms with E-state index in [1.165, 1.54) is 0 Å².